The lowest BCUT2D eigenvalue weighted by Crippen LogP contribution is -2.20. The van der Waals surface area contributed by atoms with E-state index in [0.717, 1.165) is 16.5 Å². The average Bonchev–Trinajstić information content (AvgIpc) is 2.70. The Kier molecular flexibility index (Phi) is 4.44. The molecular formula is C23H17NO2. The van der Waals surface area contributed by atoms with E-state index in [0.29, 0.717) is 11.3 Å². The summed E-state index contributed by atoms with van der Waals surface area (Å²) in [5.74, 6) is -0.332. The van der Waals surface area contributed by atoms with Gasteiger partial charge in [0.25, 0.3) is 0 Å². The molecule has 0 aliphatic rings. The second-order valence-electron chi connectivity index (χ2n) is 6.01. The molecule has 0 atom stereocenters. The summed E-state index contributed by atoms with van der Waals surface area (Å²) in [7, 11) is 0. The maximum Gasteiger partial charge on any atom is 0.323 e. The van der Waals surface area contributed by atoms with Crippen LogP contribution in [0.25, 0.3) is 10.9 Å². The summed E-state index contributed by atoms with van der Waals surface area (Å²) >= 11 is 0. The second kappa shape index (κ2) is 7.19. The molecule has 26 heavy (non-hydrogen) atoms. The quantitative estimate of drug-likeness (QED) is 0.389. The summed E-state index contributed by atoms with van der Waals surface area (Å²) in [6, 6.07) is 28.8. The predicted octanol–water partition coefficient (Wildman–Crippen LogP) is 4.97. The van der Waals surface area contributed by atoms with Gasteiger partial charge in [0, 0.05) is 11.6 Å². The van der Waals surface area contributed by atoms with Crippen molar-refractivity contribution in [3.8, 4) is 5.75 Å². The van der Waals surface area contributed by atoms with Crippen LogP contribution in [-0.4, -0.2) is 11.0 Å². The van der Waals surface area contributed by atoms with E-state index in [9.17, 15) is 4.79 Å². The highest BCUT2D eigenvalue weighted by Crippen LogP contribution is 2.29. The van der Waals surface area contributed by atoms with Gasteiger partial charge in [0.2, 0.25) is 0 Å². The number of nitrogens with zero attached hydrogens (tertiary/aromatic N) is 1. The molecule has 0 fully saturated rings. The van der Waals surface area contributed by atoms with Gasteiger partial charge >= 0.3 is 5.97 Å². The van der Waals surface area contributed by atoms with E-state index in [2.05, 4.69) is 4.98 Å². The number of hydrogen-bond donors (Lipinski definition) is 0. The van der Waals surface area contributed by atoms with Gasteiger partial charge in [0.15, 0.2) is 5.75 Å². The van der Waals surface area contributed by atoms with E-state index in [1.54, 1.807) is 12.3 Å². The van der Waals surface area contributed by atoms with Gasteiger partial charge in [0.1, 0.15) is 11.4 Å². The Labute approximate surface area is 151 Å². The Morgan fingerprint density at radius 1 is 0.731 bits per heavy atom. The van der Waals surface area contributed by atoms with Crippen LogP contribution in [0, 0.1) is 0 Å². The maximum absolute atomic E-state index is 13.1. The lowest BCUT2D eigenvalue weighted by molar-refractivity contribution is -0.135. The number of benzene rings is 3. The molecule has 3 nitrogen and oxygen atoms in total. The van der Waals surface area contributed by atoms with Gasteiger partial charge in [-0.2, -0.15) is 0 Å². The van der Waals surface area contributed by atoms with Crippen LogP contribution < -0.4 is 4.74 Å². The van der Waals surface area contributed by atoms with Gasteiger partial charge in [-0.25, -0.2) is 0 Å². The lowest BCUT2D eigenvalue weighted by Gasteiger charge is -2.17. The topological polar surface area (TPSA) is 39.2 Å². The fraction of sp³-hybridized carbons (Fsp3) is 0.0435. The van der Waals surface area contributed by atoms with Crippen molar-refractivity contribution < 1.29 is 9.53 Å². The molecule has 1 heterocycles. The molecule has 0 amide bonds. The van der Waals surface area contributed by atoms with E-state index in [-0.39, 0.29) is 5.97 Å². The molecule has 0 aliphatic carbocycles. The van der Waals surface area contributed by atoms with Crippen molar-refractivity contribution in [2.45, 2.75) is 5.92 Å². The number of hydrogen-bond acceptors (Lipinski definition) is 3. The van der Waals surface area contributed by atoms with Crippen LogP contribution in [0.2, 0.25) is 0 Å². The van der Waals surface area contributed by atoms with Crippen molar-refractivity contribution in [3.63, 3.8) is 0 Å². The first-order valence-electron chi connectivity index (χ1n) is 8.48. The Morgan fingerprint density at radius 2 is 1.35 bits per heavy atom. The Hall–Kier alpha value is -3.46. The highest BCUT2D eigenvalue weighted by Gasteiger charge is 2.25. The van der Waals surface area contributed by atoms with Gasteiger partial charge in [-0.1, -0.05) is 78.9 Å². The van der Waals surface area contributed by atoms with Crippen molar-refractivity contribution >= 4 is 16.9 Å². The molecule has 0 saturated carbocycles. The van der Waals surface area contributed by atoms with Crippen LogP contribution >= 0.6 is 0 Å². The molecule has 0 unspecified atom stereocenters. The monoisotopic (exact) mass is 339 g/mol. The Balaban J connectivity index is 1.73. The van der Waals surface area contributed by atoms with E-state index < -0.39 is 5.92 Å². The third-order valence-electron chi connectivity index (χ3n) is 4.31. The zero-order valence-corrected chi connectivity index (χ0v) is 14.1. The molecule has 0 aliphatic heterocycles. The van der Waals surface area contributed by atoms with Crippen molar-refractivity contribution in [3.05, 3.63) is 108 Å². The van der Waals surface area contributed by atoms with Crippen molar-refractivity contribution in [2.75, 3.05) is 0 Å². The molecule has 0 spiro atoms. The minimum absolute atomic E-state index is 0.319. The fourth-order valence-electron chi connectivity index (χ4n) is 3.08. The molecule has 0 saturated heterocycles. The van der Waals surface area contributed by atoms with Crippen LogP contribution in [0.3, 0.4) is 0 Å². The lowest BCUT2D eigenvalue weighted by atomic mass is 9.91. The average molecular weight is 339 g/mol. The highest BCUT2D eigenvalue weighted by molar-refractivity contribution is 5.90. The fourth-order valence-corrected chi connectivity index (χ4v) is 3.08. The van der Waals surface area contributed by atoms with E-state index in [4.69, 9.17) is 4.74 Å². The van der Waals surface area contributed by atoms with Crippen LogP contribution in [0.15, 0.2) is 97.2 Å². The second-order valence-corrected chi connectivity index (χ2v) is 6.01. The van der Waals surface area contributed by atoms with Crippen molar-refractivity contribution in [2.24, 2.45) is 0 Å². The first kappa shape index (κ1) is 16.0. The number of carbonyl (C=O) groups is 1. The first-order chi connectivity index (χ1) is 12.8. The Morgan fingerprint density at radius 3 is 2.00 bits per heavy atom. The van der Waals surface area contributed by atoms with Gasteiger partial charge < -0.3 is 4.74 Å². The smallest absolute Gasteiger partial charge is 0.323 e. The molecule has 4 aromatic rings. The summed E-state index contributed by atoms with van der Waals surface area (Å²) in [5.41, 5.74) is 2.48. The maximum atomic E-state index is 13.1. The first-order valence-corrected chi connectivity index (χ1v) is 8.48. The summed E-state index contributed by atoms with van der Waals surface area (Å²) in [4.78, 5) is 17.5. The van der Waals surface area contributed by atoms with Gasteiger partial charge in [-0.3, -0.25) is 9.78 Å². The van der Waals surface area contributed by atoms with Crippen molar-refractivity contribution in [1.29, 1.82) is 0 Å². The number of ether oxygens (including phenoxy) is 1. The third-order valence-corrected chi connectivity index (χ3v) is 4.31. The number of aromatic nitrogens is 1. The molecule has 0 radical (unpaired) electrons. The van der Waals surface area contributed by atoms with Crippen molar-refractivity contribution in [1.82, 2.24) is 4.98 Å². The summed E-state index contributed by atoms with van der Waals surface area (Å²) < 4.78 is 5.80. The number of para-hydroxylation sites is 1. The SMILES string of the molecule is O=C(Oc1cccc2cccnc12)C(c1ccccc1)c1ccccc1. The van der Waals surface area contributed by atoms with Gasteiger partial charge in [-0.05, 0) is 23.3 Å². The molecule has 0 N–H and O–H groups in total. The predicted molar refractivity (Wildman–Crippen MR) is 102 cm³/mol. The molecule has 3 aromatic carbocycles. The summed E-state index contributed by atoms with van der Waals surface area (Å²) in [6.45, 7) is 0. The molecule has 126 valence electrons. The Bertz CT molecular complexity index is 985. The van der Waals surface area contributed by atoms with Crippen LogP contribution in [-0.2, 0) is 4.79 Å². The number of esters is 1. The normalized spacial score (nSPS) is 10.8. The molecular weight excluding hydrogens is 322 g/mol. The molecule has 4 rings (SSSR count). The van der Waals surface area contributed by atoms with Gasteiger partial charge in [0.05, 0.1) is 0 Å². The number of rotatable bonds is 4. The number of pyridine rings is 1. The number of carbonyl (C=O) groups excluding carboxylic acids is 1. The standard InChI is InChI=1S/C23H17NO2/c25-23(26-20-15-7-13-19-14-8-16-24-22(19)20)21(17-9-3-1-4-10-17)18-11-5-2-6-12-18/h1-16,21H. The summed E-state index contributed by atoms with van der Waals surface area (Å²) in [5, 5.41) is 0.939. The zero-order chi connectivity index (χ0) is 17.8. The summed E-state index contributed by atoms with van der Waals surface area (Å²) in [6.07, 6.45) is 1.70. The minimum atomic E-state index is -0.489. The molecule has 0 bridgehead atoms. The largest absolute Gasteiger partial charge is 0.423 e. The highest BCUT2D eigenvalue weighted by atomic mass is 16.5. The zero-order valence-electron chi connectivity index (χ0n) is 14.1. The van der Waals surface area contributed by atoms with Gasteiger partial charge in [-0.15, -0.1) is 0 Å². The van der Waals surface area contributed by atoms with Crippen LogP contribution in [0.4, 0.5) is 0 Å². The van der Waals surface area contributed by atoms with Crippen LogP contribution in [0.5, 0.6) is 5.75 Å². The molecule has 3 heteroatoms. The molecule has 1 aromatic heterocycles. The minimum Gasteiger partial charge on any atom is -0.423 e. The van der Waals surface area contributed by atoms with E-state index in [1.807, 2.05) is 84.9 Å². The van der Waals surface area contributed by atoms with Crippen LogP contribution in [0.1, 0.15) is 17.0 Å². The van der Waals surface area contributed by atoms with E-state index in [1.165, 1.54) is 0 Å². The third kappa shape index (κ3) is 3.20. The van der Waals surface area contributed by atoms with E-state index >= 15 is 0 Å². The number of fused-ring (bicyclic) bond motifs is 1.